The van der Waals surface area contributed by atoms with Crippen LogP contribution >= 0.6 is 0 Å². The molecule has 0 fully saturated rings. The van der Waals surface area contributed by atoms with E-state index in [0.29, 0.717) is 0 Å². The Morgan fingerprint density at radius 2 is 1.00 bits per heavy atom. The minimum Gasteiger partial charge on any atom is -0.548 e. The van der Waals surface area contributed by atoms with Crippen LogP contribution in [-0.2, 0) is 19.2 Å². The molecule has 13 heteroatoms. The molecule has 8 N–H and O–H groups in total. The Labute approximate surface area is 204 Å². The van der Waals surface area contributed by atoms with E-state index in [1.165, 1.54) is 0 Å². The Morgan fingerprint density at radius 1 is 0.810 bits per heavy atom. The number of carbonyl (C=O) groups excluding carboxylic acids is 2. The van der Waals surface area contributed by atoms with Crippen molar-refractivity contribution in [2.45, 2.75) is 24.9 Å². The van der Waals surface area contributed by atoms with Crippen LogP contribution in [0.1, 0.15) is 12.8 Å². The fraction of sp³-hybridized carbons (Fsp3) is 0.500. The number of hydrogen-bond acceptors (Lipinski definition) is 8. The molecule has 2 atom stereocenters. The van der Waals surface area contributed by atoms with Crippen molar-refractivity contribution in [2.75, 3.05) is 0 Å². The number of carbonyl (C=O) groups is 4. The van der Waals surface area contributed by atoms with Gasteiger partial charge in [-0.25, -0.2) is 0 Å². The van der Waals surface area contributed by atoms with Gasteiger partial charge in [0.15, 0.2) is 0 Å². The second kappa shape index (κ2) is 19.1. The van der Waals surface area contributed by atoms with E-state index < -0.39 is 48.8 Å². The van der Waals surface area contributed by atoms with Crippen LogP contribution in [-0.4, -0.2) is 51.7 Å². The van der Waals surface area contributed by atoms with Crippen LogP contribution in [0.5, 0.6) is 0 Å². The molecule has 0 aliphatic heterocycles. The molecular formula is C8H14K2N2O9. The Hall–Kier alpha value is 1.03. The van der Waals surface area contributed by atoms with Crippen molar-refractivity contribution < 1.29 is 148 Å². The first-order valence-electron chi connectivity index (χ1n) is 4.44. The van der Waals surface area contributed by atoms with Gasteiger partial charge < -0.3 is 47.0 Å². The molecule has 0 aliphatic carbocycles. The first-order valence-corrected chi connectivity index (χ1v) is 4.44. The number of hydrogen-bond donors (Lipinski definition) is 4. The second-order valence-corrected chi connectivity index (χ2v) is 3.05. The topological polar surface area (TPSA) is 238 Å². The van der Waals surface area contributed by atoms with Crippen molar-refractivity contribution in [3.63, 3.8) is 0 Å². The SMILES string of the molecule is N[C@@H](CC(=O)O)C(=O)[O-].N[C@@H](CC(=O)O)C(=O)[O-].O.[K+].[K+]. The van der Waals surface area contributed by atoms with Gasteiger partial charge in [-0.3, -0.25) is 9.59 Å². The molecule has 0 unspecified atom stereocenters. The third kappa shape index (κ3) is 26.3. The average Bonchev–Trinajstić information content (AvgIpc) is 2.16. The van der Waals surface area contributed by atoms with Crippen LogP contribution in [0.3, 0.4) is 0 Å². The van der Waals surface area contributed by atoms with E-state index in [1.54, 1.807) is 0 Å². The molecule has 21 heavy (non-hydrogen) atoms. The van der Waals surface area contributed by atoms with Gasteiger partial charge in [0.1, 0.15) is 0 Å². The van der Waals surface area contributed by atoms with Crippen molar-refractivity contribution >= 4 is 23.9 Å². The average molecular weight is 360 g/mol. The third-order valence-corrected chi connectivity index (χ3v) is 1.39. The van der Waals surface area contributed by atoms with E-state index >= 15 is 0 Å². The molecule has 0 aliphatic rings. The first kappa shape index (κ1) is 33.6. The van der Waals surface area contributed by atoms with E-state index in [1.807, 2.05) is 0 Å². The van der Waals surface area contributed by atoms with Crippen LogP contribution in [0.25, 0.3) is 0 Å². The van der Waals surface area contributed by atoms with Crippen LogP contribution < -0.4 is 124 Å². The van der Waals surface area contributed by atoms with Crippen LogP contribution in [0.15, 0.2) is 0 Å². The summed E-state index contributed by atoms with van der Waals surface area (Å²) in [6.07, 6.45) is -1.19. The number of carboxylic acid groups (broad SMARTS) is 4. The van der Waals surface area contributed by atoms with E-state index in [-0.39, 0.29) is 108 Å². The zero-order valence-corrected chi connectivity index (χ0v) is 17.8. The van der Waals surface area contributed by atoms with Crippen molar-refractivity contribution in [3.05, 3.63) is 0 Å². The summed E-state index contributed by atoms with van der Waals surface area (Å²) in [4.78, 5) is 39.0. The summed E-state index contributed by atoms with van der Waals surface area (Å²) < 4.78 is 0. The summed E-state index contributed by atoms with van der Waals surface area (Å²) in [6, 6.07) is -2.80. The van der Waals surface area contributed by atoms with E-state index in [4.69, 9.17) is 21.7 Å². The largest absolute Gasteiger partial charge is 1.00 e. The number of aliphatic carboxylic acids is 4. The van der Waals surface area contributed by atoms with Gasteiger partial charge in [0, 0.05) is 0 Å². The standard InChI is InChI=1S/2C4H7NO4.2K.H2O/c2*5-2(4(8)9)1-3(6)7;;;/h2*2H,1,5H2,(H,6,7)(H,8,9);;;1H2/q;;2*+1;/p-2/t2*2-;;;/m00.../s1. The van der Waals surface area contributed by atoms with Gasteiger partial charge >= 0.3 is 115 Å². The molecule has 0 bridgehead atoms. The van der Waals surface area contributed by atoms with Gasteiger partial charge in [0.05, 0.1) is 36.9 Å². The summed E-state index contributed by atoms with van der Waals surface area (Å²) in [5.74, 6) is -5.58. The minimum absolute atomic E-state index is 0. The van der Waals surface area contributed by atoms with Gasteiger partial charge in [-0.2, -0.15) is 0 Å². The van der Waals surface area contributed by atoms with Gasteiger partial charge in [0.2, 0.25) is 0 Å². The van der Waals surface area contributed by atoms with Gasteiger partial charge in [-0.1, -0.05) is 0 Å². The van der Waals surface area contributed by atoms with Gasteiger partial charge in [-0.05, 0) is 0 Å². The predicted molar refractivity (Wildman–Crippen MR) is 54.1 cm³/mol. The number of carboxylic acids is 4. The number of nitrogens with two attached hydrogens (primary N) is 2. The summed E-state index contributed by atoms with van der Waals surface area (Å²) in [6.45, 7) is 0. The number of rotatable bonds is 6. The monoisotopic (exact) mass is 360 g/mol. The zero-order valence-electron chi connectivity index (χ0n) is 11.6. The van der Waals surface area contributed by atoms with Crippen LogP contribution in [0.2, 0.25) is 0 Å². The summed E-state index contributed by atoms with van der Waals surface area (Å²) in [5, 5.41) is 35.4. The van der Waals surface area contributed by atoms with Crippen molar-refractivity contribution in [1.82, 2.24) is 0 Å². The summed E-state index contributed by atoms with van der Waals surface area (Å²) in [7, 11) is 0. The molecule has 0 amide bonds. The zero-order chi connectivity index (χ0) is 14.9. The van der Waals surface area contributed by atoms with Crippen LogP contribution in [0, 0.1) is 0 Å². The molecule has 112 valence electrons. The molecule has 0 aromatic rings. The van der Waals surface area contributed by atoms with Gasteiger partial charge in [-0.15, -0.1) is 0 Å². The Kier molecular flexibility index (Phi) is 30.5. The predicted octanol–water partition coefficient (Wildman–Crippen LogP) is -11.7. The normalized spacial score (nSPS) is 10.8. The maximum atomic E-state index is 9.74. The molecule has 0 saturated carbocycles. The van der Waals surface area contributed by atoms with E-state index in [2.05, 4.69) is 0 Å². The molecule has 0 aromatic heterocycles. The van der Waals surface area contributed by atoms with E-state index in [0.717, 1.165) is 0 Å². The van der Waals surface area contributed by atoms with E-state index in [9.17, 15) is 29.4 Å². The smallest absolute Gasteiger partial charge is 0.548 e. The van der Waals surface area contributed by atoms with Crippen molar-refractivity contribution in [2.24, 2.45) is 11.5 Å². The quantitative estimate of drug-likeness (QED) is 0.326. The second-order valence-electron chi connectivity index (χ2n) is 3.05. The fourth-order valence-electron chi connectivity index (χ4n) is 0.543. The minimum atomic E-state index is -1.54. The molecule has 0 saturated heterocycles. The molecule has 0 spiro atoms. The Bertz CT molecular complexity index is 308. The summed E-state index contributed by atoms with van der Waals surface area (Å²) in [5.41, 5.74) is 9.55. The molecule has 0 radical (unpaired) electrons. The molecule has 0 aromatic carbocycles. The molecular weight excluding hydrogens is 346 g/mol. The van der Waals surface area contributed by atoms with Crippen molar-refractivity contribution in [1.29, 1.82) is 0 Å². The molecule has 0 heterocycles. The van der Waals surface area contributed by atoms with Crippen molar-refractivity contribution in [3.8, 4) is 0 Å². The molecule has 0 rings (SSSR count). The van der Waals surface area contributed by atoms with Crippen LogP contribution in [0.4, 0.5) is 0 Å². The van der Waals surface area contributed by atoms with Gasteiger partial charge in [0.25, 0.3) is 0 Å². The third-order valence-electron chi connectivity index (χ3n) is 1.39. The first-order chi connectivity index (χ1) is 8.07. The summed E-state index contributed by atoms with van der Waals surface area (Å²) >= 11 is 0. The Balaban J connectivity index is -0.0000000711. The maximum Gasteiger partial charge on any atom is 1.00 e. The fourth-order valence-corrected chi connectivity index (χ4v) is 0.543. The maximum absolute atomic E-state index is 9.74. The Morgan fingerprint density at radius 3 is 1.05 bits per heavy atom. The molecule has 11 nitrogen and oxygen atoms in total.